The van der Waals surface area contributed by atoms with Crippen LogP contribution in [0.1, 0.15) is 5.56 Å². The van der Waals surface area contributed by atoms with E-state index in [4.69, 9.17) is 4.74 Å². The van der Waals surface area contributed by atoms with E-state index in [9.17, 15) is 4.79 Å². The normalized spacial score (nSPS) is 9.85. The molecule has 0 aliphatic rings. The van der Waals surface area contributed by atoms with Gasteiger partial charge in [-0.1, -0.05) is 36.4 Å². The molecule has 2 rings (SSSR count). The Bertz CT molecular complexity index is 555. The van der Waals surface area contributed by atoms with Gasteiger partial charge in [0, 0.05) is 18.3 Å². The first-order valence-corrected chi connectivity index (χ1v) is 6.46. The summed E-state index contributed by atoms with van der Waals surface area (Å²) >= 11 is 0. The number of hydrogen-bond acceptors (Lipinski definition) is 3. The molecule has 0 unspecified atom stereocenters. The van der Waals surface area contributed by atoms with E-state index in [1.807, 2.05) is 54.6 Å². The van der Waals surface area contributed by atoms with Gasteiger partial charge in [-0.3, -0.25) is 4.79 Å². The number of rotatable bonds is 6. The minimum absolute atomic E-state index is 0.0447. The summed E-state index contributed by atoms with van der Waals surface area (Å²) in [7, 11) is 1.62. The van der Waals surface area contributed by atoms with Crippen LogP contribution in [0.4, 0.5) is 5.69 Å². The second-order valence-corrected chi connectivity index (χ2v) is 4.35. The lowest BCUT2D eigenvalue weighted by atomic mass is 10.2. The fraction of sp³-hybridized carbons (Fsp3) is 0.188. The Morgan fingerprint density at radius 2 is 1.90 bits per heavy atom. The van der Waals surface area contributed by atoms with Crippen molar-refractivity contribution in [3.05, 3.63) is 60.2 Å². The van der Waals surface area contributed by atoms with Crippen molar-refractivity contribution in [3.8, 4) is 5.75 Å². The zero-order valence-electron chi connectivity index (χ0n) is 11.4. The second-order valence-electron chi connectivity index (χ2n) is 4.35. The van der Waals surface area contributed by atoms with Crippen LogP contribution in [0.25, 0.3) is 0 Å². The van der Waals surface area contributed by atoms with Gasteiger partial charge in [0.05, 0.1) is 13.7 Å². The molecular weight excluding hydrogens is 252 g/mol. The van der Waals surface area contributed by atoms with Crippen molar-refractivity contribution in [2.45, 2.75) is 6.54 Å². The summed E-state index contributed by atoms with van der Waals surface area (Å²) < 4.78 is 5.13. The summed E-state index contributed by atoms with van der Waals surface area (Å²) in [5.41, 5.74) is 1.95. The number of benzene rings is 2. The highest BCUT2D eigenvalue weighted by molar-refractivity contribution is 5.80. The first-order valence-electron chi connectivity index (χ1n) is 6.46. The molecule has 0 aromatic heterocycles. The molecule has 0 heterocycles. The van der Waals surface area contributed by atoms with Gasteiger partial charge in [0.1, 0.15) is 5.75 Å². The Balaban J connectivity index is 1.77. The van der Waals surface area contributed by atoms with Crippen molar-refractivity contribution in [3.63, 3.8) is 0 Å². The smallest absolute Gasteiger partial charge is 0.239 e. The van der Waals surface area contributed by atoms with Crippen molar-refractivity contribution in [1.82, 2.24) is 5.32 Å². The van der Waals surface area contributed by atoms with Gasteiger partial charge in [-0.15, -0.1) is 0 Å². The van der Waals surface area contributed by atoms with E-state index in [2.05, 4.69) is 10.6 Å². The van der Waals surface area contributed by atoms with Gasteiger partial charge in [0.2, 0.25) is 5.91 Å². The summed E-state index contributed by atoms with van der Waals surface area (Å²) in [5.74, 6) is 0.719. The predicted molar refractivity (Wildman–Crippen MR) is 79.8 cm³/mol. The molecule has 0 saturated heterocycles. The van der Waals surface area contributed by atoms with Crippen molar-refractivity contribution < 1.29 is 9.53 Å². The molecule has 0 aliphatic carbocycles. The average Bonchev–Trinajstić information content (AvgIpc) is 2.52. The van der Waals surface area contributed by atoms with E-state index in [-0.39, 0.29) is 12.5 Å². The van der Waals surface area contributed by atoms with Crippen LogP contribution in [0.3, 0.4) is 0 Å². The zero-order chi connectivity index (χ0) is 14.2. The van der Waals surface area contributed by atoms with Crippen LogP contribution in [0, 0.1) is 0 Å². The molecule has 104 valence electrons. The van der Waals surface area contributed by atoms with Crippen molar-refractivity contribution in [2.24, 2.45) is 0 Å². The van der Waals surface area contributed by atoms with Gasteiger partial charge < -0.3 is 15.4 Å². The summed E-state index contributed by atoms with van der Waals surface area (Å²) in [4.78, 5) is 11.7. The van der Waals surface area contributed by atoms with Crippen LogP contribution >= 0.6 is 0 Å². The SMILES string of the molecule is COc1cccc(NCC(=O)NCc2ccccc2)c1. The molecule has 4 heteroatoms. The summed E-state index contributed by atoms with van der Waals surface area (Å²) in [6.07, 6.45) is 0. The minimum Gasteiger partial charge on any atom is -0.497 e. The Kier molecular flexibility index (Phi) is 5.00. The molecule has 0 bridgehead atoms. The molecule has 4 nitrogen and oxygen atoms in total. The third-order valence-corrected chi connectivity index (χ3v) is 2.86. The quantitative estimate of drug-likeness (QED) is 0.847. The number of anilines is 1. The van der Waals surface area contributed by atoms with Crippen LogP contribution < -0.4 is 15.4 Å². The zero-order valence-corrected chi connectivity index (χ0v) is 11.4. The third kappa shape index (κ3) is 4.31. The van der Waals surface area contributed by atoms with E-state index >= 15 is 0 Å². The summed E-state index contributed by atoms with van der Waals surface area (Å²) in [5, 5.41) is 5.93. The molecular formula is C16H18N2O2. The molecule has 0 spiro atoms. The van der Waals surface area contributed by atoms with E-state index in [1.165, 1.54) is 0 Å². The maximum absolute atomic E-state index is 11.7. The number of carbonyl (C=O) groups is 1. The molecule has 0 fully saturated rings. The van der Waals surface area contributed by atoms with E-state index < -0.39 is 0 Å². The Morgan fingerprint density at radius 3 is 2.65 bits per heavy atom. The van der Waals surface area contributed by atoms with Gasteiger partial charge in [0.15, 0.2) is 0 Å². The molecule has 1 amide bonds. The van der Waals surface area contributed by atoms with Gasteiger partial charge in [-0.2, -0.15) is 0 Å². The van der Waals surface area contributed by atoms with Gasteiger partial charge in [0.25, 0.3) is 0 Å². The first kappa shape index (κ1) is 13.9. The predicted octanol–water partition coefficient (Wildman–Crippen LogP) is 2.42. The monoisotopic (exact) mass is 270 g/mol. The molecule has 2 aromatic rings. The topological polar surface area (TPSA) is 50.4 Å². The molecule has 0 aliphatic heterocycles. The fourth-order valence-electron chi connectivity index (χ4n) is 1.77. The van der Waals surface area contributed by atoms with Gasteiger partial charge >= 0.3 is 0 Å². The number of ether oxygens (including phenoxy) is 1. The first-order chi connectivity index (χ1) is 9.78. The van der Waals surface area contributed by atoms with E-state index in [1.54, 1.807) is 7.11 Å². The van der Waals surface area contributed by atoms with Crippen LogP contribution in [-0.4, -0.2) is 19.6 Å². The summed E-state index contributed by atoms with van der Waals surface area (Å²) in [6, 6.07) is 17.3. The van der Waals surface area contributed by atoms with E-state index in [0.717, 1.165) is 17.0 Å². The van der Waals surface area contributed by atoms with Crippen molar-refractivity contribution in [1.29, 1.82) is 0 Å². The van der Waals surface area contributed by atoms with Crippen LogP contribution in [0.15, 0.2) is 54.6 Å². The molecule has 20 heavy (non-hydrogen) atoms. The minimum atomic E-state index is -0.0447. The highest BCUT2D eigenvalue weighted by Crippen LogP contribution is 2.16. The van der Waals surface area contributed by atoms with Crippen molar-refractivity contribution in [2.75, 3.05) is 19.0 Å². The van der Waals surface area contributed by atoms with E-state index in [0.29, 0.717) is 6.54 Å². The highest BCUT2D eigenvalue weighted by Gasteiger charge is 2.01. The largest absolute Gasteiger partial charge is 0.497 e. The van der Waals surface area contributed by atoms with Gasteiger partial charge in [-0.25, -0.2) is 0 Å². The summed E-state index contributed by atoms with van der Waals surface area (Å²) in [6.45, 7) is 0.777. The fourth-order valence-corrected chi connectivity index (χ4v) is 1.77. The molecule has 2 N–H and O–H groups in total. The Morgan fingerprint density at radius 1 is 1.10 bits per heavy atom. The number of amides is 1. The van der Waals surface area contributed by atoms with Crippen LogP contribution in [0.5, 0.6) is 5.75 Å². The van der Waals surface area contributed by atoms with Crippen LogP contribution in [-0.2, 0) is 11.3 Å². The molecule has 0 atom stereocenters. The Labute approximate surface area is 118 Å². The number of nitrogens with one attached hydrogen (secondary N) is 2. The number of methoxy groups -OCH3 is 1. The third-order valence-electron chi connectivity index (χ3n) is 2.86. The lowest BCUT2D eigenvalue weighted by Crippen LogP contribution is -2.29. The maximum Gasteiger partial charge on any atom is 0.239 e. The number of carbonyl (C=O) groups excluding carboxylic acids is 1. The lowest BCUT2D eigenvalue weighted by Gasteiger charge is -2.09. The number of hydrogen-bond donors (Lipinski definition) is 2. The lowest BCUT2D eigenvalue weighted by molar-refractivity contribution is -0.119. The molecule has 2 aromatic carbocycles. The van der Waals surface area contributed by atoms with Crippen LogP contribution in [0.2, 0.25) is 0 Å². The molecule has 0 radical (unpaired) electrons. The Hall–Kier alpha value is -2.49. The van der Waals surface area contributed by atoms with Gasteiger partial charge in [-0.05, 0) is 17.7 Å². The highest BCUT2D eigenvalue weighted by atomic mass is 16.5. The van der Waals surface area contributed by atoms with Crippen molar-refractivity contribution >= 4 is 11.6 Å². The average molecular weight is 270 g/mol. The molecule has 0 saturated carbocycles. The maximum atomic E-state index is 11.7. The standard InChI is InChI=1S/C16H18N2O2/c1-20-15-9-5-8-14(10-15)17-12-16(19)18-11-13-6-3-2-4-7-13/h2-10,17H,11-12H2,1H3,(H,18,19). The second kappa shape index (κ2) is 7.19.